The number of rotatable bonds is 1. The Morgan fingerprint density at radius 2 is 2.38 bits per heavy atom. The van der Waals surface area contributed by atoms with Crippen LogP contribution in [-0.2, 0) is 0 Å². The van der Waals surface area contributed by atoms with Gasteiger partial charge in [0, 0.05) is 6.04 Å². The van der Waals surface area contributed by atoms with Gasteiger partial charge in [0.1, 0.15) is 0 Å². The maximum atomic E-state index is 12.4. The topological polar surface area (TPSA) is 20.3 Å². The molecule has 1 saturated heterocycles. The lowest BCUT2D eigenvalue weighted by Crippen LogP contribution is -2.41. The molecular formula is C13H15NOS. The molecule has 0 radical (unpaired) electrons. The molecule has 0 N–H and O–H groups in total. The van der Waals surface area contributed by atoms with Gasteiger partial charge in [-0.05, 0) is 43.2 Å². The summed E-state index contributed by atoms with van der Waals surface area (Å²) in [6, 6.07) is 2.81. The van der Waals surface area contributed by atoms with Crippen LogP contribution >= 0.6 is 11.3 Å². The van der Waals surface area contributed by atoms with E-state index in [0.29, 0.717) is 12.1 Å². The van der Waals surface area contributed by atoms with E-state index in [9.17, 15) is 4.79 Å². The largest absolute Gasteiger partial charge is 0.328 e. The zero-order valence-corrected chi connectivity index (χ0v) is 10.2. The summed E-state index contributed by atoms with van der Waals surface area (Å²) in [5, 5.41) is 2.05. The zero-order chi connectivity index (χ0) is 11.1. The van der Waals surface area contributed by atoms with Crippen molar-refractivity contribution in [2.45, 2.75) is 38.3 Å². The summed E-state index contributed by atoms with van der Waals surface area (Å²) in [6.07, 6.45) is 7.76. The van der Waals surface area contributed by atoms with Crippen LogP contribution in [0, 0.1) is 6.92 Å². The van der Waals surface area contributed by atoms with Crippen molar-refractivity contribution in [2.24, 2.45) is 0 Å². The second-order valence-electron chi connectivity index (χ2n) is 4.66. The molecule has 3 rings (SSSR count). The summed E-state index contributed by atoms with van der Waals surface area (Å²) in [6.45, 7) is 2.04. The lowest BCUT2D eigenvalue weighted by molar-refractivity contribution is 0.0694. The minimum atomic E-state index is 0.231. The molecule has 2 bridgehead atoms. The minimum absolute atomic E-state index is 0.231. The Hall–Kier alpha value is -1.09. The van der Waals surface area contributed by atoms with E-state index in [1.807, 2.05) is 13.0 Å². The predicted octanol–water partition coefficient (Wildman–Crippen LogP) is 2.99. The average molecular weight is 233 g/mol. The molecule has 2 aliphatic heterocycles. The zero-order valence-electron chi connectivity index (χ0n) is 9.35. The van der Waals surface area contributed by atoms with Gasteiger partial charge in [0.05, 0.1) is 10.9 Å². The van der Waals surface area contributed by atoms with Gasteiger partial charge in [0.25, 0.3) is 5.91 Å². The Bertz CT molecular complexity index is 449. The van der Waals surface area contributed by atoms with Gasteiger partial charge in [-0.15, -0.1) is 11.3 Å². The SMILES string of the molecule is Cc1csc(C(=O)N2C3C=CCC2CC3)c1. The number of carbonyl (C=O) groups excluding carboxylic acids is 1. The number of amides is 1. The third-order valence-electron chi connectivity index (χ3n) is 3.49. The molecule has 1 aromatic heterocycles. The molecule has 3 heterocycles. The van der Waals surface area contributed by atoms with E-state index in [-0.39, 0.29) is 5.91 Å². The molecule has 84 valence electrons. The first-order valence-corrected chi connectivity index (χ1v) is 6.68. The Morgan fingerprint density at radius 3 is 3.06 bits per heavy atom. The van der Waals surface area contributed by atoms with Gasteiger partial charge in [-0.1, -0.05) is 12.2 Å². The second-order valence-corrected chi connectivity index (χ2v) is 5.57. The predicted molar refractivity (Wildman–Crippen MR) is 65.8 cm³/mol. The van der Waals surface area contributed by atoms with Crippen LogP contribution in [0.1, 0.15) is 34.5 Å². The van der Waals surface area contributed by atoms with Crippen molar-refractivity contribution in [1.29, 1.82) is 0 Å². The third-order valence-corrected chi connectivity index (χ3v) is 4.52. The van der Waals surface area contributed by atoms with Gasteiger partial charge < -0.3 is 4.90 Å². The van der Waals surface area contributed by atoms with Crippen molar-refractivity contribution in [3.8, 4) is 0 Å². The molecular weight excluding hydrogens is 218 g/mol. The summed E-state index contributed by atoms with van der Waals surface area (Å²) in [4.78, 5) is 15.4. The van der Waals surface area contributed by atoms with E-state index in [1.54, 1.807) is 11.3 Å². The lowest BCUT2D eigenvalue weighted by atomic mass is 10.1. The van der Waals surface area contributed by atoms with Crippen molar-refractivity contribution >= 4 is 17.2 Å². The highest BCUT2D eigenvalue weighted by atomic mass is 32.1. The quantitative estimate of drug-likeness (QED) is 0.683. The van der Waals surface area contributed by atoms with Gasteiger partial charge in [-0.2, -0.15) is 0 Å². The van der Waals surface area contributed by atoms with Crippen LogP contribution in [-0.4, -0.2) is 22.9 Å². The van der Waals surface area contributed by atoms with Crippen molar-refractivity contribution in [2.75, 3.05) is 0 Å². The first-order chi connectivity index (χ1) is 7.75. The van der Waals surface area contributed by atoms with Gasteiger partial charge in [0.15, 0.2) is 0 Å². The van der Waals surface area contributed by atoms with E-state index < -0.39 is 0 Å². The van der Waals surface area contributed by atoms with E-state index in [2.05, 4.69) is 22.4 Å². The molecule has 1 amide bonds. The van der Waals surface area contributed by atoms with Gasteiger partial charge in [-0.3, -0.25) is 4.79 Å². The van der Waals surface area contributed by atoms with Crippen LogP contribution in [0.5, 0.6) is 0 Å². The third kappa shape index (κ3) is 1.50. The number of fused-ring (bicyclic) bond motifs is 2. The lowest BCUT2D eigenvalue weighted by Gasteiger charge is -2.31. The van der Waals surface area contributed by atoms with Gasteiger partial charge in [-0.25, -0.2) is 0 Å². The molecule has 1 aromatic rings. The number of thiophene rings is 1. The van der Waals surface area contributed by atoms with Crippen LogP contribution in [0.15, 0.2) is 23.6 Å². The fourth-order valence-electron chi connectivity index (χ4n) is 2.71. The van der Waals surface area contributed by atoms with Crippen molar-refractivity contribution in [3.05, 3.63) is 34.0 Å². The molecule has 2 nitrogen and oxygen atoms in total. The van der Waals surface area contributed by atoms with Crippen LogP contribution in [0.2, 0.25) is 0 Å². The Morgan fingerprint density at radius 1 is 1.50 bits per heavy atom. The normalized spacial score (nSPS) is 27.4. The number of hydrogen-bond donors (Lipinski definition) is 0. The van der Waals surface area contributed by atoms with Crippen molar-refractivity contribution in [3.63, 3.8) is 0 Å². The summed E-state index contributed by atoms with van der Waals surface area (Å²) >= 11 is 1.57. The van der Waals surface area contributed by atoms with Gasteiger partial charge in [0.2, 0.25) is 0 Å². The smallest absolute Gasteiger partial charge is 0.264 e. The van der Waals surface area contributed by atoms with Crippen LogP contribution < -0.4 is 0 Å². The fourth-order valence-corrected chi connectivity index (χ4v) is 3.55. The van der Waals surface area contributed by atoms with Crippen LogP contribution in [0.4, 0.5) is 0 Å². The highest BCUT2D eigenvalue weighted by Crippen LogP contribution is 2.33. The highest BCUT2D eigenvalue weighted by molar-refractivity contribution is 7.12. The average Bonchev–Trinajstić information content (AvgIpc) is 2.80. The summed E-state index contributed by atoms with van der Waals surface area (Å²) < 4.78 is 0. The minimum Gasteiger partial charge on any atom is -0.328 e. The summed E-state index contributed by atoms with van der Waals surface area (Å²) in [7, 11) is 0. The van der Waals surface area contributed by atoms with Crippen LogP contribution in [0.25, 0.3) is 0 Å². The standard InChI is InChI=1S/C13H15NOS/c1-9-7-12(16-8-9)13(15)14-10-3-2-4-11(14)6-5-10/h2-3,7-8,10-11H,4-6H2,1H3. The van der Waals surface area contributed by atoms with Crippen molar-refractivity contribution in [1.82, 2.24) is 4.90 Å². The van der Waals surface area contributed by atoms with Crippen molar-refractivity contribution < 1.29 is 4.79 Å². The Balaban J connectivity index is 1.88. The van der Waals surface area contributed by atoms with Gasteiger partial charge >= 0.3 is 0 Å². The molecule has 2 unspecified atom stereocenters. The molecule has 2 atom stereocenters. The second kappa shape index (κ2) is 3.74. The molecule has 0 saturated carbocycles. The van der Waals surface area contributed by atoms with E-state index in [0.717, 1.165) is 24.1 Å². The number of carbonyl (C=O) groups is 1. The first-order valence-electron chi connectivity index (χ1n) is 5.80. The maximum absolute atomic E-state index is 12.4. The molecule has 1 fully saturated rings. The highest BCUT2D eigenvalue weighted by Gasteiger charge is 2.37. The number of aryl methyl sites for hydroxylation is 1. The molecule has 0 aromatic carbocycles. The van der Waals surface area contributed by atoms with Crippen LogP contribution in [0.3, 0.4) is 0 Å². The van der Waals surface area contributed by atoms with E-state index in [4.69, 9.17) is 0 Å². The fraction of sp³-hybridized carbons (Fsp3) is 0.462. The first kappa shape index (κ1) is 10.1. The molecule has 0 spiro atoms. The van der Waals surface area contributed by atoms with E-state index in [1.165, 1.54) is 5.56 Å². The Kier molecular flexibility index (Phi) is 2.36. The van der Waals surface area contributed by atoms with E-state index >= 15 is 0 Å². The summed E-state index contributed by atoms with van der Waals surface area (Å²) in [5.74, 6) is 0.231. The molecule has 2 aliphatic rings. The maximum Gasteiger partial charge on any atom is 0.264 e. The summed E-state index contributed by atoms with van der Waals surface area (Å²) in [5.41, 5.74) is 1.19. The molecule has 0 aliphatic carbocycles. The molecule has 16 heavy (non-hydrogen) atoms. The Labute approximate surface area is 99.6 Å². The monoisotopic (exact) mass is 233 g/mol. The molecule has 3 heteroatoms. The number of nitrogens with zero attached hydrogens (tertiary/aromatic N) is 1. The number of hydrogen-bond acceptors (Lipinski definition) is 2.